The molecular formula is C8H10Cl3GaS. The van der Waals surface area contributed by atoms with E-state index in [-0.39, 0.29) is 0 Å². The molecule has 72 valence electrons. The van der Waals surface area contributed by atoms with Crippen molar-refractivity contribution in [2.45, 2.75) is 11.8 Å². The Morgan fingerprint density at radius 3 is 2.00 bits per heavy atom. The van der Waals surface area contributed by atoms with E-state index >= 15 is 0 Å². The van der Waals surface area contributed by atoms with E-state index in [4.69, 9.17) is 28.9 Å². The molecule has 0 N–H and O–H groups in total. The summed E-state index contributed by atoms with van der Waals surface area (Å²) in [6.45, 7) is 2.16. The van der Waals surface area contributed by atoms with E-state index < -0.39 is 13.2 Å². The molecule has 0 saturated carbocycles. The van der Waals surface area contributed by atoms with E-state index in [9.17, 15) is 0 Å². The van der Waals surface area contributed by atoms with Gasteiger partial charge in [-0.2, -0.15) is 0 Å². The standard InChI is InChI=1S/C8H10S.3ClH.Ga/c1-2-9-8-6-4-3-5-7-8;;;;/h3-7H,2H2,1H3;3*1H;/q;;;;+3/p-3. The Balaban J connectivity index is 0.000000310. The van der Waals surface area contributed by atoms with Crippen molar-refractivity contribution in [3.8, 4) is 0 Å². The maximum atomic E-state index is 4.99. The molecule has 0 spiro atoms. The second kappa shape index (κ2) is 9.62. The molecule has 13 heavy (non-hydrogen) atoms. The summed E-state index contributed by atoms with van der Waals surface area (Å²) in [5.41, 5.74) is 0. The summed E-state index contributed by atoms with van der Waals surface area (Å²) in [5, 5.41) is 0. The van der Waals surface area contributed by atoms with Gasteiger partial charge in [0.2, 0.25) is 0 Å². The van der Waals surface area contributed by atoms with Crippen molar-refractivity contribution in [2.75, 3.05) is 5.75 Å². The molecule has 0 amide bonds. The molecule has 0 unspecified atom stereocenters. The normalized spacial score (nSPS) is 8.62. The first-order valence-corrected chi connectivity index (χ1v) is 14.3. The minimum absolute atomic E-state index is 1.16. The predicted octanol–water partition coefficient (Wildman–Crippen LogP) is 4.49. The zero-order valence-electron chi connectivity index (χ0n) is 7.21. The number of hydrogen-bond acceptors (Lipinski definition) is 1. The summed E-state index contributed by atoms with van der Waals surface area (Å²) in [5.74, 6) is 1.16. The van der Waals surface area contributed by atoms with Crippen molar-refractivity contribution in [1.82, 2.24) is 0 Å². The van der Waals surface area contributed by atoms with Crippen LogP contribution in [-0.2, 0) is 0 Å². The van der Waals surface area contributed by atoms with Gasteiger partial charge in [0.25, 0.3) is 0 Å². The fourth-order valence-corrected chi connectivity index (χ4v) is 1.37. The van der Waals surface area contributed by atoms with Crippen LogP contribution < -0.4 is 0 Å². The first-order valence-electron chi connectivity index (χ1n) is 3.77. The summed E-state index contributed by atoms with van der Waals surface area (Å²) in [7, 11) is 15.0. The third-order valence-electron chi connectivity index (χ3n) is 1.05. The van der Waals surface area contributed by atoms with Gasteiger partial charge in [0, 0.05) is 4.90 Å². The molecule has 0 saturated heterocycles. The number of rotatable bonds is 2. The van der Waals surface area contributed by atoms with E-state index in [1.54, 1.807) is 0 Å². The topological polar surface area (TPSA) is 0 Å². The van der Waals surface area contributed by atoms with E-state index in [1.807, 2.05) is 17.8 Å². The zero-order valence-corrected chi connectivity index (χ0v) is 12.7. The first-order chi connectivity index (χ1) is 6.16. The molecule has 0 radical (unpaired) electrons. The molecule has 1 aromatic carbocycles. The summed E-state index contributed by atoms with van der Waals surface area (Å²) in [6.07, 6.45) is 0. The molecule has 0 atom stereocenters. The summed E-state index contributed by atoms with van der Waals surface area (Å²) in [6, 6.07) is 10.4. The van der Waals surface area contributed by atoms with E-state index in [0.717, 1.165) is 5.75 Å². The van der Waals surface area contributed by atoms with Crippen molar-refractivity contribution in [2.24, 2.45) is 0 Å². The second-order valence-electron chi connectivity index (χ2n) is 1.99. The first kappa shape index (κ1) is 14.1. The van der Waals surface area contributed by atoms with Crippen LogP contribution in [0.25, 0.3) is 0 Å². The molecule has 1 rings (SSSR count). The fraction of sp³-hybridized carbons (Fsp3) is 0.250. The fourth-order valence-electron chi connectivity index (χ4n) is 0.683. The van der Waals surface area contributed by atoms with Crippen LogP contribution in [0, 0.1) is 0 Å². The van der Waals surface area contributed by atoms with Gasteiger partial charge in [0.1, 0.15) is 0 Å². The Hall–Kier alpha value is 1.08. The Morgan fingerprint density at radius 2 is 1.62 bits per heavy atom. The summed E-state index contributed by atoms with van der Waals surface area (Å²) >= 11 is -0.187. The Kier molecular flexibility index (Phi) is 10.4. The van der Waals surface area contributed by atoms with Crippen molar-refractivity contribution >= 4 is 53.9 Å². The molecule has 0 aromatic heterocycles. The second-order valence-corrected chi connectivity index (χ2v) is 14.7. The predicted molar refractivity (Wildman–Crippen MR) is 66.2 cm³/mol. The third kappa shape index (κ3) is 11.0. The van der Waals surface area contributed by atoms with Crippen molar-refractivity contribution < 1.29 is 0 Å². The Labute approximate surface area is 101 Å². The van der Waals surface area contributed by atoms with Crippen molar-refractivity contribution in [1.29, 1.82) is 0 Å². The molecule has 0 aliphatic carbocycles. The van der Waals surface area contributed by atoms with Gasteiger partial charge in [0.15, 0.2) is 0 Å². The van der Waals surface area contributed by atoms with Gasteiger partial charge in [-0.3, -0.25) is 0 Å². The number of hydrogen-bond donors (Lipinski definition) is 0. The van der Waals surface area contributed by atoms with Crippen LogP contribution in [0.4, 0.5) is 0 Å². The van der Waals surface area contributed by atoms with Gasteiger partial charge in [-0.15, -0.1) is 11.8 Å². The van der Waals surface area contributed by atoms with Gasteiger partial charge in [0.05, 0.1) is 0 Å². The Morgan fingerprint density at radius 1 is 1.15 bits per heavy atom. The van der Waals surface area contributed by atoms with E-state index in [0.29, 0.717) is 0 Å². The summed E-state index contributed by atoms with van der Waals surface area (Å²) in [4.78, 5) is 1.36. The van der Waals surface area contributed by atoms with Crippen molar-refractivity contribution in [3.05, 3.63) is 30.3 Å². The average molecular weight is 314 g/mol. The molecule has 0 aliphatic heterocycles. The molecule has 0 aliphatic rings. The molecule has 0 bridgehead atoms. The van der Waals surface area contributed by atoms with E-state index in [1.165, 1.54) is 4.90 Å². The molecule has 0 nitrogen and oxygen atoms in total. The average Bonchev–Trinajstić information content (AvgIpc) is 2.06. The summed E-state index contributed by atoms with van der Waals surface area (Å²) < 4.78 is 0. The Bertz CT molecular complexity index is 203. The maximum absolute atomic E-state index is 4.99. The van der Waals surface area contributed by atoms with Gasteiger partial charge < -0.3 is 0 Å². The van der Waals surface area contributed by atoms with Gasteiger partial charge in [-0.05, 0) is 17.9 Å². The molecule has 0 heterocycles. The van der Waals surface area contributed by atoms with Crippen LogP contribution in [0.5, 0.6) is 0 Å². The van der Waals surface area contributed by atoms with Crippen LogP contribution in [0.1, 0.15) is 6.92 Å². The minimum atomic E-state index is -2.06. The molecule has 5 heteroatoms. The van der Waals surface area contributed by atoms with E-state index in [2.05, 4.69) is 31.2 Å². The number of thioether (sulfide) groups is 1. The SMILES string of the molecule is CCSc1ccccc1.[Cl][Ga]([Cl])[Cl]. The molecule has 1 aromatic rings. The molecular weight excluding hydrogens is 304 g/mol. The van der Waals surface area contributed by atoms with Gasteiger partial charge >= 0.3 is 42.1 Å². The molecule has 0 fully saturated rings. The van der Waals surface area contributed by atoms with Crippen LogP contribution in [0.2, 0.25) is 0 Å². The van der Waals surface area contributed by atoms with Crippen LogP contribution >= 0.6 is 40.7 Å². The van der Waals surface area contributed by atoms with Crippen LogP contribution in [0.3, 0.4) is 0 Å². The zero-order chi connectivity index (χ0) is 10.1. The monoisotopic (exact) mass is 312 g/mol. The van der Waals surface area contributed by atoms with Crippen LogP contribution in [-0.4, -0.2) is 19.0 Å². The van der Waals surface area contributed by atoms with Gasteiger partial charge in [-0.25, -0.2) is 0 Å². The van der Waals surface area contributed by atoms with Crippen molar-refractivity contribution in [3.63, 3.8) is 0 Å². The van der Waals surface area contributed by atoms with Gasteiger partial charge in [-0.1, -0.05) is 25.1 Å². The number of benzene rings is 1. The van der Waals surface area contributed by atoms with Crippen LogP contribution in [0.15, 0.2) is 35.2 Å². The quantitative estimate of drug-likeness (QED) is 0.573. The third-order valence-corrected chi connectivity index (χ3v) is 1.95. The number of halogens is 3.